The van der Waals surface area contributed by atoms with Crippen molar-refractivity contribution >= 4 is 16.7 Å². The molecule has 2 heterocycles. The van der Waals surface area contributed by atoms with Gasteiger partial charge in [0, 0.05) is 21.9 Å². The molecule has 0 amide bonds. The first-order chi connectivity index (χ1) is 26.3. The Morgan fingerprint density at radius 1 is 1.02 bits per heavy atom. The molecule has 0 radical (unpaired) electrons. The van der Waals surface area contributed by atoms with Gasteiger partial charge in [-0.25, -0.2) is 9.67 Å². The first kappa shape index (κ1) is 39.7. The molecule has 56 heavy (non-hydrogen) atoms. The first-order valence-corrected chi connectivity index (χ1v) is 21.6. The highest BCUT2D eigenvalue weighted by atomic mass is 16.5. The number of ether oxygens (including phenoxy) is 2. The van der Waals surface area contributed by atoms with Crippen molar-refractivity contribution in [2.45, 2.75) is 125 Å². The maximum Gasteiger partial charge on any atom is 0.307 e. The molecular weight excluding hydrogens is 697 g/mol. The fraction of sp³-hybridized carbons (Fsp3) is 0.688. The summed E-state index contributed by atoms with van der Waals surface area (Å²) in [5.41, 5.74) is 7.65. The van der Waals surface area contributed by atoms with Crippen LogP contribution in [0.15, 0.2) is 60.4 Å². The van der Waals surface area contributed by atoms with E-state index in [9.17, 15) is 9.90 Å². The number of hydrogen-bond acceptors (Lipinski definition) is 6. The molecular formula is C48H68N4O4. The Hall–Kier alpha value is -3.07. The van der Waals surface area contributed by atoms with Crippen LogP contribution in [0.4, 0.5) is 0 Å². The number of rotatable bonds is 9. The predicted octanol–water partition coefficient (Wildman–Crippen LogP) is 9.99. The summed E-state index contributed by atoms with van der Waals surface area (Å²) < 4.78 is 16.2. The first-order valence-electron chi connectivity index (χ1n) is 21.6. The molecule has 3 saturated carbocycles. The number of nitrogens with two attached hydrogens (primary N) is 1. The van der Waals surface area contributed by atoms with E-state index in [0.29, 0.717) is 37.6 Å². The van der Waals surface area contributed by atoms with E-state index >= 15 is 0 Å². The van der Waals surface area contributed by atoms with Crippen molar-refractivity contribution in [3.8, 4) is 11.4 Å². The Labute approximate surface area is 335 Å². The Kier molecular flexibility index (Phi) is 9.57. The maximum absolute atomic E-state index is 13.6. The number of carboxylic acids is 1. The second-order valence-electron chi connectivity index (χ2n) is 21.1. The second-order valence-corrected chi connectivity index (χ2v) is 21.1. The monoisotopic (exact) mass is 765 g/mol. The molecule has 12 atom stereocenters. The van der Waals surface area contributed by atoms with Crippen LogP contribution in [0, 0.1) is 62.6 Å². The number of aromatic nitrogens is 3. The van der Waals surface area contributed by atoms with Gasteiger partial charge in [0.1, 0.15) is 6.33 Å². The summed E-state index contributed by atoms with van der Waals surface area (Å²) in [4.78, 5) is 18.6. The van der Waals surface area contributed by atoms with E-state index in [1.807, 2.05) is 0 Å². The second kappa shape index (κ2) is 13.5. The van der Waals surface area contributed by atoms with Crippen molar-refractivity contribution < 1.29 is 19.4 Å². The lowest BCUT2D eigenvalue weighted by Crippen LogP contribution is -2.69. The van der Waals surface area contributed by atoms with Crippen molar-refractivity contribution in [3.05, 3.63) is 60.4 Å². The zero-order valence-corrected chi connectivity index (χ0v) is 35.8. The van der Waals surface area contributed by atoms with Gasteiger partial charge in [0.2, 0.25) is 0 Å². The third-order valence-corrected chi connectivity index (χ3v) is 17.9. The van der Waals surface area contributed by atoms with E-state index in [2.05, 4.69) is 122 Å². The van der Waals surface area contributed by atoms with Gasteiger partial charge in [-0.15, -0.1) is 0 Å². The SMILES string of the molecule is CC(C)[C@@H](C)[C@@]1(C)CC[C@]2(C)[C@H]3CC[C@@H]4[C@@]5(COC[C@@]4(C)[C@@H](OC[C@](C)(N)C(C)C)[C@H](n4ncnc4-c4ccc6ccccc6c4)C5)C3=CC[C@@]2(C)[C@@H]1C(=O)O. The lowest BCUT2D eigenvalue weighted by molar-refractivity contribution is -0.252. The third-order valence-electron chi connectivity index (χ3n) is 17.9. The average molecular weight is 765 g/mol. The van der Waals surface area contributed by atoms with E-state index in [-0.39, 0.29) is 51.1 Å². The molecule has 1 aliphatic heterocycles. The molecule has 3 aromatic rings. The number of carboxylic acid groups (broad SMARTS) is 1. The minimum absolute atomic E-state index is 0.110. The molecule has 8 heteroatoms. The third kappa shape index (κ3) is 5.57. The molecule has 4 fully saturated rings. The minimum Gasteiger partial charge on any atom is -0.481 e. The number of nitrogens with zero attached hydrogens (tertiary/aromatic N) is 3. The van der Waals surface area contributed by atoms with Gasteiger partial charge in [-0.1, -0.05) is 110 Å². The van der Waals surface area contributed by atoms with Gasteiger partial charge in [-0.05, 0) is 108 Å². The van der Waals surface area contributed by atoms with E-state index in [1.165, 1.54) is 16.3 Å². The fourth-order valence-corrected chi connectivity index (χ4v) is 13.6. The number of fused-ring (bicyclic) bond motifs is 4. The van der Waals surface area contributed by atoms with Crippen LogP contribution in [0.1, 0.15) is 114 Å². The van der Waals surface area contributed by atoms with Crippen LogP contribution in [0.3, 0.4) is 0 Å². The molecule has 1 aromatic heterocycles. The van der Waals surface area contributed by atoms with Crippen LogP contribution in [0.2, 0.25) is 0 Å². The largest absolute Gasteiger partial charge is 0.481 e. The molecule has 3 N–H and O–H groups in total. The predicted molar refractivity (Wildman–Crippen MR) is 223 cm³/mol. The van der Waals surface area contributed by atoms with Crippen molar-refractivity contribution in [2.24, 2.45) is 68.3 Å². The molecule has 1 saturated heterocycles. The summed E-state index contributed by atoms with van der Waals surface area (Å²) >= 11 is 0. The smallest absolute Gasteiger partial charge is 0.307 e. The lowest BCUT2D eigenvalue weighted by Gasteiger charge is -2.71. The summed E-state index contributed by atoms with van der Waals surface area (Å²) in [6.45, 7) is 24.5. The van der Waals surface area contributed by atoms with Crippen LogP contribution in [0.25, 0.3) is 22.2 Å². The van der Waals surface area contributed by atoms with Gasteiger partial charge in [-0.3, -0.25) is 4.79 Å². The highest BCUT2D eigenvalue weighted by molar-refractivity contribution is 5.86. The highest BCUT2D eigenvalue weighted by Crippen LogP contribution is 2.75. The lowest BCUT2D eigenvalue weighted by atomic mass is 9.34. The number of aliphatic carboxylic acids is 1. The van der Waals surface area contributed by atoms with Crippen molar-refractivity contribution in [2.75, 3.05) is 19.8 Å². The van der Waals surface area contributed by atoms with Crippen LogP contribution < -0.4 is 5.73 Å². The van der Waals surface area contributed by atoms with E-state index < -0.39 is 17.4 Å². The minimum atomic E-state index is -0.621. The number of benzene rings is 2. The quantitative estimate of drug-likeness (QED) is 0.209. The summed E-state index contributed by atoms with van der Waals surface area (Å²) in [6, 6.07) is 14.9. The fourth-order valence-electron chi connectivity index (χ4n) is 13.6. The molecule has 304 valence electrons. The van der Waals surface area contributed by atoms with Gasteiger partial charge < -0.3 is 20.3 Å². The molecule has 8 rings (SSSR count). The standard InChI is InChI=1S/C48H68N4O4/c1-29(2)31(5)43(6)21-22-45(8)35-17-18-38-44(7)25-55-27-48(38,36(35)19-20-46(45,9)39(43)42(53)54)24-37(40(44)56-26-47(10,49)30(3)4)52-41(50-28-51-52)34-16-15-32-13-11-12-14-33(32)23-34/h11-16,19,23,28-31,35,37-40H,17-18,20-22,24-27,49H2,1-10H3,(H,53,54)/t31-,35+,37-,38+,39-,40+,43-,44-,45-,46+,47+,48+/m1/s1. The van der Waals surface area contributed by atoms with Gasteiger partial charge in [0.05, 0.1) is 37.9 Å². The van der Waals surface area contributed by atoms with Crippen LogP contribution in [0.5, 0.6) is 0 Å². The van der Waals surface area contributed by atoms with Crippen LogP contribution in [-0.2, 0) is 14.3 Å². The molecule has 0 unspecified atom stereocenters. The summed E-state index contributed by atoms with van der Waals surface area (Å²) in [5.74, 6) is 1.41. The molecule has 0 spiro atoms. The topological polar surface area (TPSA) is 112 Å². The molecule has 4 aliphatic carbocycles. The van der Waals surface area contributed by atoms with Crippen molar-refractivity contribution in [3.63, 3.8) is 0 Å². The molecule has 5 aliphatic rings. The zero-order valence-electron chi connectivity index (χ0n) is 35.8. The molecule has 8 nitrogen and oxygen atoms in total. The Balaban J connectivity index is 1.25. The summed E-state index contributed by atoms with van der Waals surface area (Å²) in [6.07, 6.45) is 9.74. The van der Waals surface area contributed by atoms with Gasteiger partial charge >= 0.3 is 5.97 Å². The summed E-state index contributed by atoms with van der Waals surface area (Å²) in [5, 5.41) is 18.6. The Morgan fingerprint density at radius 2 is 1.75 bits per heavy atom. The van der Waals surface area contributed by atoms with E-state index in [4.69, 9.17) is 25.3 Å². The number of hydrogen-bond donors (Lipinski definition) is 2. The number of carbonyl (C=O) groups is 1. The van der Waals surface area contributed by atoms with Gasteiger partial charge in [0.25, 0.3) is 0 Å². The van der Waals surface area contributed by atoms with Crippen molar-refractivity contribution in [1.29, 1.82) is 0 Å². The highest BCUT2D eigenvalue weighted by Gasteiger charge is 2.72. The Bertz CT molecular complexity index is 2020. The van der Waals surface area contributed by atoms with Crippen LogP contribution >= 0.6 is 0 Å². The van der Waals surface area contributed by atoms with E-state index in [0.717, 1.165) is 49.9 Å². The average Bonchev–Trinajstić information content (AvgIpc) is 3.64. The molecule has 2 aromatic carbocycles. The normalized spacial score (nSPS) is 39.7. The Morgan fingerprint density at radius 3 is 2.45 bits per heavy atom. The van der Waals surface area contributed by atoms with Crippen LogP contribution in [-0.4, -0.2) is 57.3 Å². The zero-order chi connectivity index (χ0) is 40.2. The number of allylic oxidation sites excluding steroid dienone is 1. The van der Waals surface area contributed by atoms with Gasteiger partial charge in [0.15, 0.2) is 5.82 Å². The molecule has 2 bridgehead atoms. The van der Waals surface area contributed by atoms with E-state index in [1.54, 1.807) is 6.33 Å². The van der Waals surface area contributed by atoms with Gasteiger partial charge in [-0.2, -0.15) is 5.10 Å². The maximum atomic E-state index is 13.6. The van der Waals surface area contributed by atoms with Crippen molar-refractivity contribution in [1.82, 2.24) is 14.8 Å². The summed E-state index contributed by atoms with van der Waals surface area (Å²) in [7, 11) is 0.